The van der Waals surface area contributed by atoms with Gasteiger partial charge in [0, 0.05) is 0 Å². The molecule has 0 atom stereocenters. The molecule has 0 nitrogen and oxygen atoms in total. The van der Waals surface area contributed by atoms with E-state index in [1.807, 2.05) is 0 Å². The summed E-state index contributed by atoms with van der Waals surface area (Å²) in [6.07, 6.45) is 5.68. The Balaban J connectivity index is 3.23. The van der Waals surface area contributed by atoms with Gasteiger partial charge in [-0.1, -0.05) is 58.7 Å². The first-order valence-corrected chi connectivity index (χ1v) is 8.21. The monoisotopic (exact) mass is 171 g/mol. The van der Waals surface area contributed by atoms with E-state index >= 15 is 0 Å². The van der Waals surface area contributed by atoms with E-state index in [-0.39, 0.29) is 0 Å². The maximum atomic E-state index is 2.46. The molecule has 0 heterocycles. The third-order valence-corrected chi connectivity index (χ3v) is 5.66. The summed E-state index contributed by atoms with van der Waals surface area (Å²) in [6.45, 7) is 9.42. The van der Waals surface area contributed by atoms with Gasteiger partial charge in [-0.15, -0.1) is 0 Å². The number of hydrogen-bond donors (Lipinski definition) is 0. The van der Waals surface area contributed by atoms with Crippen LogP contribution in [0, 0.1) is 6.04 Å². The van der Waals surface area contributed by atoms with Crippen molar-refractivity contribution in [2.24, 2.45) is 0 Å². The van der Waals surface area contributed by atoms with Crippen LogP contribution in [0.2, 0.25) is 19.1 Å². The highest BCUT2D eigenvalue weighted by Crippen LogP contribution is 2.17. The van der Waals surface area contributed by atoms with Gasteiger partial charge in [-0.25, -0.2) is 0 Å². The van der Waals surface area contributed by atoms with E-state index in [9.17, 15) is 0 Å². The Morgan fingerprint density at radius 1 is 1.09 bits per heavy atom. The zero-order chi connectivity index (χ0) is 8.74. The molecule has 0 unspecified atom stereocenters. The Kier molecular flexibility index (Phi) is 5.93. The fourth-order valence-corrected chi connectivity index (χ4v) is 2.60. The molecule has 0 aromatic carbocycles. The normalized spacial score (nSPS) is 12.0. The van der Waals surface area contributed by atoms with Crippen molar-refractivity contribution in [2.45, 2.75) is 58.7 Å². The lowest BCUT2D eigenvalue weighted by molar-refractivity contribution is 0.697. The van der Waals surface area contributed by atoms with Crippen LogP contribution in [0.1, 0.15) is 39.5 Å². The molecule has 0 saturated heterocycles. The summed E-state index contributed by atoms with van der Waals surface area (Å²) in [5.74, 6) is 0. The molecule has 0 spiro atoms. The standard InChI is InChI=1S/C10H23Si/c1-5-7-8-9-10-11(3,4)6-2/h6H,5,7-10H2,1-4H3. The van der Waals surface area contributed by atoms with Gasteiger partial charge >= 0.3 is 0 Å². The second kappa shape index (κ2) is 5.82. The van der Waals surface area contributed by atoms with Crippen LogP contribution in [0.25, 0.3) is 0 Å². The lowest BCUT2D eigenvalue weighted by Gasteiger charge is -2.19. The maximum absolute atomic E-state index is 2.46. The van der Waals surface area contributed by atoms with Gasteiger partial charge in [0.1, 0.15) is 0 Å². The second-order valence-corrected chi connectivity index (χ2v) is 9.14. The topological polar surface area (TPSA) is 0 Å². The molecule has 0 aliphatic rings. The zero-order valence-corrected chi connectivity index (χ0v) is 9.61. The van der Waals surface area contributed by atoms with Crippen LogP contribution in [0.3, 0.4) is 0 Å². The molecular formula is C10H23Si. The van der Waals surface area contributed by atoms with Gasteiger partial charge in [-0.3, -0.25) is 0 Å². The molecule has 0 N–H and O–H groups in total. The summed E-state index contributed by atoms with van der Waals surface area (Å²) >= 11 is 0. The van der Waals surface area contributed by atoms with Gasteiger partial charge in [-0.2, -0.15) is 0 Å². The van der Waals surface area contributed by atoms with Crippen molar-refractivity contribution in [1.82, 2.24) is 0 Å². The molecule has 1 radical (unpaired) electrons. The first-order chi connectivity index (χ1) is 5.12. The van der Waals surface area contributed by atoms with Crippen molar-refractivity contribution < 1.29 is 0 Å². The SMILES string of the molecule is C[CH][Si](C)(C)CCCCCC. The molecule has 0 amide bonds. The lowest BCUT2D eigenvalue weighted by Crippen LogP contribution is -2.24. The molecule has 0 bridgehead atoms. The van der Waals surface area contributed by atoms with E-state index in [0.29, 0.717) is 0 Å². The minimum atomic E-state index is -0.852. The highest BCUT2D eigenvalue weighted by molar-refractivity contribution is 6.80. The predicted molar refractivity (Wildman–Crippen MR) is 56.4 cm³/mol. The van der Waals surface area contributed by atoms with Crippen LogP contribution in [0.4, 0.5) is 0 Å². The predicted octanol–water partition coefficient (Wildman–Crippen LogP) is 4.04. The van der Waals surface area contributed by atoms with Gasteiger partial charge in [0.2, 0.25) is 0 Å². The number of rotatable bonds is 6. The van der Waals surface area contributed by atoms with Gasteiger partial charge < -0.3 is 0 Å². The van der Waals surface area contributed by atoms with Gasteiger partial charge in [0.05, 0.1) is 8.07 Å². The average Bonchev–Trinajstić information content (AvgIpc) is 1.99. The molecule has 0 aromatic rings. The van der Waals surface area contributed by atoms with Crippen LogP contribution >= 0.6 is 0 Å². The largest absolute Gasteiger partial charge is 0.0692 e. The van der Waals surface area contributed by atoms with Crippen LogP contribution in [-0.2, 0) is 0 Å². The molecule has 0 aromatic heterocycles. The Bertz CT molecular complexity index is 86.9. The summed E-state index contributed by atoms with van der Waals surface area (Å²) in [6, 6.07) is 3.95. The molecule has 0 aliphatic heterocycles. The van der Waals surface area contributed by atoms with E-state index in [1.54, 1.807) is 0 Å². The Morgan fingerprint density at radius 2 is 1.73 bits per heavy atom. The van der Waals surface area contributed by atoms with E-state index in [1.165, 1.54) is 31.7 Å². The Labute approximate surface area is 73.4 Å². The Morgan fingerprint density at radius 3 is 2.18 bits per heavy atom. The third kappa shape index (κ3) is 6.61. The molecule has 0 saturated carbocycles. The van der Waals surface area contributed by atoms with Crippen molar-refractivity contribution in [3.63, 3.8) is 0 Å². The van der Waals surface area contributed by atoms with Crippen molar-refractivity contribution in [3.8, 4) is 0 Å². The van der Waals surface area contributed by atoms with Crippen LogP contribution in [0.15, 0.2) is 0 Å². The fraction of sp³-hybridized carbons (Fsp3) is 0.900. The van der Waals surface area contributed by atoms with E-state index in [4.69, 9.17) is 0 Å². The fourth-order valence-electron chi connectivity index (χ4n) is 1.15. The molecule has 0 rings (SSSR count). The molecule has 11 heavy (non-hydrogen) atoms. The van der Waals surface area contributed by atoms with Crippen molar-refractivity contribution >= 4 is 8.07 Å². The lowest BCUT2D eigenvalue weighted by atomic mass is 10.2. The average molecular weight is 171 g/mol. The summed E-state index contributed by atoms with van der Waals surface area (Å²) in [4.78, 5) is 0. The highest BCUT2D eigenvalue weighted by atomic mass is 28.3. The number of unbranched alkanes of at least 4 members (excludes halogenated alkanes) is 3. The van der Waals surface area contributed by atoms with Gasteiger partial charge in [-0.05, 0) is 6.04 Å². The van der Waals surface area contributed by atoms with Crippen molar-refractivity contribution in [3.05, 3.63) is 6.04 Å². The van der Waals surface area contributed by atoms with Crippen molar-refractivity contribution in [2.75, 3.05) is 0 Å². The van der Waals surface area contributed by atoms with Gasteiger partial charge in [0.15, 0.2) is 0 Å². The minimum absolute atomic E-state index is 0.852. The van der Waals surface area contributed by atoms with Crippen LogP contribution in [0.5, 0.6) is 0 Å². The van der Waals surface area contributed by atoms with E-state index < -0.39 is 8.07 Å². The summed E-state index contributed by atoms with van der Waals surface area (Å²) < 4.78 is 0. The highest BCUT2D eigenvalue weighted by Gasteiger charge is 2.16. The first-order valence-electron chi connectivity index (χ1n) is 4.93. The van der Waals surface area contributed by atoms with Crippen LogP contribution < -0.4 is 0 Å². The van der Waals surface area contributed by atoms with Gasteiger partial charge in [0.25, 0.3) is 0 Å². The molecule has 1 heteroatoms. The number of hydrogen-bond acceptors (Lipinski definition) is 0. The van der Waals surface area contributed by atoms with Crippen LogP contribution in [-0.4, -0.2) is 8.07 Å². The molecule has 67 valence electrons. The van der Waals surface area contributed by atoms with E-state index in [0.717, 1.165) is 0 Å². The van der Waals surface area contributed by atoms with Crippen molar-refractivity contribution in [1.29, 1.82) is 0 Å². The minimum Gasteiger partial charge on any atom is -0.0692 e. The second-order valence-electron chi connectivity index (χ2n) is 4.09. The first kappa shape index (κ1) is 11.2. The summed E-state index contributed by atoms with van der Waals surface area (Å²) in [7, 11) is -0.852. The smallest absolute Gasteiger partial charge is 0.0501 e. The molecule has 0 aliphatic carbocycles. The summed E-state index contributed by atoms with van der Waals surface area (Å²) in [5, 5.41) is 0. The van der Waals surface area contributed by atoms with E-state index in [2.05, 4.69) is 33.0 Å². The maximum Gasteiger partial charge on any atom is 0.0501 e. The zero-order valence-electron chi connectivity index (χ0n) is 8.61. The quantitative estimate of drug-likeness (QED) is 0.418. The Hall–Kier alpha value is 0.217. The molecular weight excluding hydrogens is 148 g/mol. The summed E-state index contributed by atoms with van der Waals surface area (Å²) in [5.41, 5.74) is 0. The molecule has 0 fully saturated rings. The third-order valence-electron chi connectivity index (χ3n) is 2.46.